The van der Waals surface area contributed by atoms with Crippen molar-refractivity contribution in [3.05, 3.63) is 59.8 Å². The molecule has 0 atom stereocenters. The molecule has 8 heteroatoms. The Bertz CT molecular complexity index is 1030. The summed E-state index contributed by atoms with van der Waals surface area (Å²) in [5.74, 6) is 0.227. The molecule has 0 unspecified atom stereocenters. The first-order chi connectivity index (χ1) is 13.4. The van der Waals surface area contributed by atoms with E-state index in [0.29, 0.717) is 12.1 Å². The van der Waals surface area contributed by atoms with E-state index < -0.39 is 12.8 Å². The highest BCUT2D eigenvalue weighted by atomic mass is 19.4. The molecule has 1 aromatic heterocycles. The average Bonchev–Trinajstić information content (AvgIpc) is 2.69. The fraction of sp³-hybridized carbons (Fsp3) is 0.200. The van der Waals surface area contributed by atoms with E-state index >= 15 is 0 Å². The van der Waals surface area contributed by atoms with Crippen LogP contribution in [0.25, 0.3) is 10.9 Å². The summed E-state index contributed by atoms with van der Waals surface area (Å²) in [6, 6.07) is 15.8. The summed E-state index contributed by atoms with van der Waals surface area (Å²) < 4.78 is 47.0. The maximum absolute atomic E-state index is 12.4. The number of pyridine rings is 1. The van der Waals surface area contributed by atoms with Gasteiger partial charge >= 0.3 is 6.18 Å². The van der Waals surface area contributed by atoms with Crippen LogP contribution in [0.3, 0.4) is 0 Å². The first-order valence-corrected chi connectivity index (χ1v) is 8.30. The van der Waals surface area contributed by atoms with Crippen molar-refractivity contribution in [1.29, 1.82) is 5.26 Å². The van der Waals surface area contributed by atoms with E-state index in [0.717, 1.165) is 16.6 Å². The van der Waals surface area contributed by atoms with Gasteiger partial charge in [0.25, 0.3) is 0 Å². The Hall–Kier alpha value is -3.47. The van der Waals surface area contributed by atoms with Gasteiger partial charge in [0.2, 0.25) is 0 Å². The number of nitrogens with zero attached hydrogens (tertiary/aromatic N) is 2. The average molecular weight is 387 g/mol. The van der Waals surface area contributed by atoms with Gasteiger partial charge in [0.15, 0.2) is 18.1 Å². The minimum atomic E-state index is -4.42. The molecule has 0 saturated heterocycles. The van der Waals surface area contributed by atoms with E-state index in [-0.39, 0.29) is 17.2 Å². The molecule has 28 heavy (non-hydrogen) atoms. The van der Waals surface area contributed by atoms with Gasteiger partial charge in [0.1, 0.15) is 11.8 Å². The molecule has 0 radical (unpaired) electrons. The molecular weight excluding hydrogens is 371 g/mol. The molecular formula is C20H16F3N3O2. The van der Waals surface area contributed by atoms with Gasteiger partial charge in [-0.3, -0.25) is 0 Å². The third-order valence-corrected chi connectivity index (χ3v) is 3.93. The Morgan fingerprint density at radius 2 is 1.89 bits per heavy atom. The van der Waals surface area contributed by atoms with Crippen LogP contribution >= 0.6 is 0 Å². The van der Waals surface area contributed by atoms with E-state index in [1.807, 2.05) is 30.3 Å². The normalized spacial score (nSPS) is 11.1. The molecule has 0 aliphatic rings. The SMILES string of the molecule is COc1cc(CNc2cc(C#N)nc3ccccc23)ccc1OCC(F)(F)F. The highest BCUT2D eigenvalue weighted by molar-refractivity contribution is 5.91. The number of nitriles is 1. The number of benzene rings is 2. The van der Waals surface area contributed by atoms with Crippen molar-refractivity contribution in [2.75, 3.05) is 19.0 Å². The van der Waals surface area contributed by atoms with Gasteiger partial charge in [-0.05, 0) is 29.8 Å². The molecule has 3 rings (SSSR count). The molecule has 0 spiro atoms. The number of nitrogens with one attached hydrogen (secondary N) is 1. The quantitative estimate of drug-likeness (QED) is 0.666. The van der Waals surface area contributed by atoms with Crippen LogP contribution in [0.15, 0.2) is 48.5 Å². The third-order valence-electron chi connectivity index (χ3n) is 3.93. The maximum Gasteiger partial charge on any atom is 0.422 e. The molecule has 5 nitrogen and oxygen atoms in total. The summed E-state index contributed by atoms with van der Waals surface area (Å²) in [6.45, 7) is -1.02. The molecule has 0 aliphatic carbocycles. The summed E-state index contributed by atoms with van der Waals surface area (Å²) in [4.78, 5) is 4.26. The van der Waals surface area contributed by atoms with Gasteiger partial charge in [0, 0.05) is 17.6 Å². The van der Waals surface area contributed by atoms with Crippen LogP contribution in [0.2, 0.25) is 0 Å². The van der Waals surface area contributed by atoms with Gasteiger partial charge < -0.3 is 14.8 Å². The summed E-state index contributed by atoms with van der Waals surface area (Å²) in [7, 11) is 1.36. The monoisotopic (exact) mass is 387 g/mol. The van der Waals surface area contributed by atoms with Crippen LogP contribution < -0.4 is 14.8 Å². The van der Waals surface area contributed by atoms with E-state index in [9.17, 15) is 13.2 Å². The number of hydrogen-bond acceptors (Lipinski definition) is 5. The van der Waals surface area contributed by atoms with Crippen LogP contribution in [-0.4, -0.2) is 24.9 Å². The van der Waals surface area contributed by atoms with E-state index in [1.54, 1.807) is 18.2 Å². The van der Waals surface area contributed by atoms with Crippen LogP contribution in [0.4, 0.5) is 18.9 Å². The van der Waals surface area contributed by atoms with Gasteiger partial charge in [0.05, 0.1) is 12.6 Å². The van der Waals surface area contributed by atoms with E-state index in [2.05, 4.69) is 10.3 Å². The Morgan fingerprint density at radius 3 is 2.61 bits per heavy atom. The number of hydrogen-bond donors (Lipinski definition) is 1. The molecule has 1 N–H and O–H groups in total. The van der Waals surface area contributed by atoms with Crippen molar-refractivity contribution in [3.8, 4) is 17.6 Å². The van der Waals surface area contributed by atoms with Crippen molar-refractivity contribution in [2.24, 2.45) is 0 Å². The van der Waals surface area contributed by atoms with Crippen LogP contribution in [0.1, 0.15) is 11.3 Å². The maximum atomic E-state index is 12.4. The summed E-state index contributed by atoms with van der Waals surface area (Å²) in [5.41, 5.74) is 2.49. The predicted molar refractivity (Wildman–Crippen MR) is 98.3 cm³/mol. The number of rotatable bonds is 6. The second-order valence-corrected chi connectivity index (χ2v) is 5.93. The lowest BCUT2D eigenvalue weighted by Crippen LogP contribution is -2.19. The van der Waals surface area contributed by atoms with Crippen molar-refractivity contribution >= 4 is 16.6 Å². The third kappa shape index (κ3) is 4.62. The zero-order chi connectivity index (χ0) is 20.1. The zero-order valence-electron chi connectivity index (χ0n) is 14.9. The molecule has 3 aromatic rings. The Labute approximate surface area is 159 Å². The number of halogens is 3. The van der Waals surface area contributed by atoms with Gasteiger partial charge in [-0.25, -0.2) is 4.98 Å². The predicted octanol–water partition coefficient (Wildman–Crippen LogP) is 4.67. The van der Waals surface area contributed by atoms with Gasteiger partial charge in [-0.15, -0.1) is 0 Å². The number of fused-ring (bicyclic) bond motifs is 1. The van der Waals surface area contributed by atoms with Crippen molar-refractivity contribution in [3.63, 3.8) is 0 Å². The zero-order valence-corrected chi connectivity index (χ0v) is 14.9. The molecule has 144 valence electrons. The van der Waals surface area contributed by atoms with Crippen LogP contribution in [0, 0.1) is 11.3 Å². The van der Waals surface area contributed by atoms with Gasteiger partial charge in [-0.2, -0.15) is 18.4 Å². The smallest absolute Gasteiger partial charge is 0.422 e. The lowest BCUT2D eigenvalue weighted by Gasteiger charge is -2.14. The number of aromatic nitrogens is 1. The Morgan fingerprint density at radius 1 is 1.11 bits per heavy atom. The standard InChI is InChI=1S/C20H16F3N3O2/c1-27-19-8-13(6-7-18(19)28-12-20(21,22)23)11-25-17-9-14(10-24)26-16-5-3-2-4-15(16)17/h2-9H,11-12H2,1H3,(H,25,26). The number of methoxy groups -OCH3 is 1. The molecule has 0 saturated carbocycles. The fourth-order valence-corrected chi connectivity index (χ4v) is 2.68. The summed E-state index contributed by atoms with van der Waals surface area (Å²) in [6.07, 6.45) is -4.42. The highest BCUT2D eigenvalue weighted by Crippen LogP contribution is 2.30. The molecule has 0 fully saturated rings. The second kappa shape index (κ2) is 8.05. The molecule has 0 bridgehead atoms. The molecule has 0 amide bonds. The van der Waals surface area contributed by atoms with Crippen molar-refractivity contribution < 1.29 is 22.6 Å². The molecule has 0 aliphatic heterocycles. The Kier molecular flexibility index (Phi) is 5.54. The fourth-order valence-electron chi connectivity index (χ4n) is 2.68. The summed E-state index contributed by atoms with van der Waals surface area (Å²) in [5, 5.41) is 13.3. The largest absolute Gasteiger partial charge is 0.493 e. The number of anilines is 1. The lowest BCUT2D eigenvalue weighted by molar-refractivity contribution is -0.153. The second-order valence-electron chi connectivity index (χ2n) is 5.93. The minimum absolute atomic E-state index is 0.0182. The van der Waals surface area contributed by atoms with Gasteiger partial charge in [-0.1, -0.05) is 24.3 Å². The summed E-state index contributed by atoms with van der Waals surface area (Å²) >= 11 is 0. The van der Waals surface area contributed by atoms with Crippen molar-refractivity contribution in [1.82, 2.24) is 4.98 Å². The van der Waals surface area contributed by atoms with E-state index in [1.165, 1.54) is 13.2 Å². The number of para-hydroxylation sites is 1. The molecule has 1 heterocycles. The lowest BCUT2D eigenvalue weighted by atomic mass is 10.1. The number of ether oxygens (including phenoxy) is 2. The number of alkyl halides is 3. The Balaban J connectivity index is 1.80. The van der Waals surface area contributed by atoms with E-state index in [4.69, 9.17) is 14.7 Å². The topological polar surface area (TPSA) is 67.2 Å². The molecule has 2 aromatic carbocycles. The van der Waals surface area contributed by atoms with Crippen LogP contribution in [0.5, 0.6) is 11.5 Å². The first-order valence-electron chi connectivity index (χ1n) is 8.30. The highest BCUT2D eigenvalue weighted by Gasteiger charge is 2.29. The first kappa shape index (κ1) is 19.3. The van der Waals surface area contributed by atoms with Crippen molar-refractivity contribution in [2.45, 2.75) is 12.7 Å². The van der Waals surface area contributed by atoms with Crippen LogP contribution in [-0.2, 0) is 6.54 Å². The minimum Gasteiger partial charge on any atom is -0.493 e.